The third kappa shape index (κ3) is 5.69. The third-order valence-electron chi connectivity index (χ3n) is 8.92. The van der Waals surface area contributed by atoms with Crippen LogP contribution in [-0.4, -0.2) is 26.7 Å². The second kappa shape index (κ2) is 11.7. The fourth-order valence-electron chi connectivity index (χ4n) is 6.43. The van der Waals surface area contributed by atoms with Crippen LogP contribution in [0, 0.1) is 0 Å². The van der Waals surface area contributed by atoms with Gasteiger partial charge < -0.3 is 9.13 Å². The van der Waals surface area contributed by atoms with Gasteiger partial charge in [-0.2, -0.15) is 0 Å². The molecule has 0 fully saturated rings. The van der Waals surface area contributed by atoms with E-state index < -0.39 is 14.3 Å². The Morgan fingerprint density at radius 3 is 0.761 bits per heavy atom. The molecule has 0 saturated carbocycles. The molecule has 0 unspecified atom stereocenters. The molecule has 0 aliphatic heterocycles. The predicted molar refractivity (Wildman–Crippen MR) is 201 cm³/mol. The second-order valence-corrected chi connectivity index (χ2v) is 19.2. The molecule has 0 saturated heterocycles. The standard InChI is InChI=1S/C42H36O2P2/c1-45(2,43)35-25-21-31(22-26-35)29-13-17-33(18-14-29)41-37-9-5-7-11-39(37)42(40-12-8-6-10-38(40)41)34-19-15-30(16-20-34)32-23-27-36(28-24-32)46(3,4)44/h5-28H,1-4H3. The summed E-state index contributed by atoms with van der Waals surface area (Å²) in [5.74, 6) is 0. The highest BCUT2D eigenvalue weighted by Crippen LogP contribution is 2.44. The van der Waals surface area contributed by atoms with Crippen LogP contribution in [0.1, 0.15) is 0 Å². The maximum Gasteiger partial charge on any atom is 0.109 e. The van der Waals surface area contributed by atoms with E-state index in [1.165, 1.54) is 43.8 Å². The van der Waals surface area contributed by atoms with Gasteiger partial charge in [0, 0.05) is 10.6 Å². The Kier molecular flexibility index (Phi) is 7.68. The minimum atomic E-state index is -2.28. The van der Waals surface area contributed by atoms with Gasteiger partial charge in [-0.25, -0.2) is 0 Å². The monoisotopic (exact) mass is 634 g/mol. The summed E-state index contributed by atoms with van der Waals surface area (Å²) in [5.41, 5.74) is 9.31. The Balaban J connectivity index is 1.31. The first-order valence-corrected chi connectivity index (χ1v) is 20.7. The fraction of sp³-hybridized carbons (Fsp3) is 0.0952. The highest BCUT2D eigenvalue weighted by atomic mass is 31.2. The minimum absolute atomic E-state index is 0.903. The molecule has 0 bridgehead atoms. The Hall–Kier alpha value is -4.48. The van der Waals surface area contributed by atoms with Crippen LogP contribution in [0.5, 0.6) is 0 Å². The Morgan fingerprint density at radius 2 is 0.522 bits per heavy atom. The molecule has 7 aromatic rings. The molecule has 0 N–H and O–H groups in total. The average Bonchev–Trinajstić information content (AvgIpc) is 3.07. The fourth-order valence-corrected chi connectivity index (χ4v) is 8.17. The first kappa shape index (κ1) is 30.2. The van der Waals surface area contributed by atoms with E-state index in [0.717, 1.165) is 32.9 Å². The van der Waals surface area contributed by atoms with Crippen molar-refractivity contribution in [3.05, 3.63) is 146 Å². The van der Waals surface area contributed by atoms with Crippen molar-refractivity contribution in [2.75, 3.05) is 26.7 Å². The molecule has 0 heterocycles. The van der Waals surface area contributed by atoms with Gasteiger partial charge in [0.15, 0.2) is 0 Å². The molecule has 0 aliphatic carbocycles. The van der Waals surface area contributed by atoms with Gasteiger partial charge in [0.1, 0.15) is 14.3 Å². The Bertz CT molecular complexity index is 2080. The predicted octanol–water partition coefficient (Wildman–Crippen LogP) is 11.2. The van der Waals surface area contributed by atoms with Crippen molar-refractivity contribution in [1.82, 2.24) is 0 Å². The van der Waals surface area contributed by atoms with Crippen molar-refractivity contribution in [2.24, 2.45) is 0 Å². The van der Waals surface area contributed by atoms with Crippen molar-refractivity contribution >= 4 is 46.4 Å². The van der Waals surface area contributed by atoms with Crippen molar-refractivity contribution in [2.45, 2.75) is 0 Å². The molecule has 226 valence electrons. The first-order valence-electron chi connectivity index (χ1n) is 15.5. The summed E-state index contributed by atoms with van der Waals surface area (Å²) in [6.07, 6.45) is 0. The van der Waals surface area contributed by atoms with Crippen LogP contribution in [-0.2, 0) is 9.13 Å². The summed E-state index contributed by atoms with van der Waals surface area (Å²) in [6.45, 7) is 7.24. The van der Waals surface area contributed by atoms with Gasteiger partial charge in [-0.15, -0.1) is 0 Å². The van der Waals surface area contributed by atoms with Crippen LogP contribution in [0.4, 0.5) is 0 Å². The van der Waals surface area contributed by atoms with E-state index in [0.29, 0.717) is 0 Å². The van der Waals surface area contributed by atoms with Crippen LogP contribution < -0.4 is 10.6 Å². The average molecular weight is 635 g/mol. The summed E-state index contributed by atoms with van der Waals surface area (Å²) >= 11 is 0. The van der Waals surface area contributed by atoms with E-state index in [1.54, 1.807) is 0 Å². The topological polar surface area (TPSA) is 34.1 Å². The molecule has 0 amide bonds. The summed E-state index contributed by atoms with van der Waals surface area (Å²) in [5, 5.41) is 6.69. The smallest absolute Gasteiger partial charge is 0.109 e. The molecule has 0 atom stereocenters. The quantitative estimate of drug-likeness (QED) is 0.135. The molecule has 2 nitrogen and oxygen atoms in total. The van der Waals surface area contributed by atoms with E-state index in [2.05, 4.69) is 121 Å². The number of rotatable bonds is 6. The van der Waals surface area contributed by atoms with Crippen molar-refractivity contribution in [3.8, 4) is 44.5 Å². The number of fused-ring (bicyclic) bond motifs is 2. The zero-order chi connectivity index (χ0) is 32.1. The summed E-state index contributed by atoms with van der Waals surface area (Å²) in [6, 6.07) is 51.3. The van der Waals surface area contributed by atoms with Gasteiger partial charge in [0.25, 0.3) is 0 Å². The van der Waals surface area contributed by atoms with Crippen molar-refractivity contribution in [1.29, 1.82) is 0 Å². The lowest BCUT2D eigenvalue weighted by Gasteiger charge is -2.18. The molecule has 0 aliphatic rings. The first-order chi connectivity index (χ1) is 22.1. The molecular formula is C42H36O2P2. The SMILES string of the molecule is CP(C)(=O)c1ccc(-c2ccc(-c3c4ccccc4c(-c4ccc(-c5ccc(P(C)(C)=O)cc5)cc4)c4ccccc34)cc2)cc1. The Labute approximate surface area is 271 Å². The summed E-state index contributed by atoms with van der Waals surface area (Å²) in [4.78, 5) is 0. The molecule has 7 aromatic carbocycles. The lowest BCUT2D eigenvalue weighted by molar-refractivity contribution is 0.587. The zero-order valence-electron chi connectivity index (χ0n) is 26.6. The molecule has 7 rings (SSSR count). The van der Waals surface area contributed by atoms with Crippen molar-refractivity contribution < 1.29 is 9.13 Å². The van der Waals surface area contributed by atoms with Gasteiger partial charge in [-0.3, -0.25) is 0 Å². The van der Waals surface area contributed by atoms with Crippen LogP contribution >= 0.6 is 14.3 Å². The zero-order valence-corrected chi connectivity index (χ0v) is 28.4. The third-order valence-corrected chi connectivity index (χ3v) is 12.0. The van der Waals surface area contributed by atoms with Gasteiger partial charge >= 0.3 is 0 Å². The van der Waals surface area contributed by atoms with Gasteiger partial charge in [-0.1, -0.05) is 146 Å². The normalized spacial score (nSPS) is 12.1. The minimum Gasteiger partial charge on any atom is -0.319 e. The molecule has 0 aromatic heterocycles. The summed E-state index contributed by atoms with van der Waals surface area (Å²) in [7, 11) is -4.57. The van der Waals surface area contributed by atoms with Gasteiger partial charge in [-0.05, 0) is 92.7 Å². The molecule has 4 heteroatoms. The van der Waals surface area contributed by atoms with Crippen LogP contribution in [0.15, 0.2) is 146 Å². The maximum atomic E-state index is 12.5. The van der Waals surface area contributed by atoms with Crippen molar-refractivity contribution in [3.63, 3.8) is 0 Å². The molecular weight excluding hydrogens is 598 g/mol. The van der Waals surface area contributed by atoms with Crippen LogP contribution in [0.2, 0.25) is 0 Å². The van der Waals surface area contributed by atoms with E-state index in [-0.39, 0.29) is 0 Å². The highest BCUT2D eigenvalue weighted by Gasteiger charge is 2.17. The Morgan fingerprint density at radius 1 is 0.304 bits per heavy atom. The van der Waals surface area contributed by atoms with Gasteiger partial charge in [0.2, 0.25) is 0 Å². The number of hydrogen-bond donors (Lipinski definition) is 0. The molecule has 46 heavy (non-hydrogen) atoms. The highest BCUT2D eigenvalue weighted by molar-refractivity contribution is 7.70. The largest absolute Gasteiger partial charge is 0.319 e. The van der Waals surface area contributed by atoms with E-state index >= 15 is 0 Å². The van der Waals surface area contributed by atoms with E-state index in [9.17, 15) is 9.13 Å². The lowest BCUT2D eigenvalue weighted by atomic mass is 9.85. The van der Waals surface area contributed by atoms with Crippen LogP contribution in [0.25, 0.3) is 66.1 Å². The number of hydrogen-bond acceptors (Lipinski definition) is 2. The van der Waals surface area contributed by atoms with E-state index in [1.807, 2.05) is 50.9 Å². The molecule has 0 spiro atoms. The van der Waals surface area contributed by atoms with Gasteiger partial charge in [0.05, 0.1) is 0 Å². The lowest BCUT2D eigenvalue weighted by Crippen LogP contribution is -2.01. The maximum absolute atomic E-state index is 12.5. The van der Waals surface area contributed by atoms with Crippen LogP contribution in [0.3, 0.4) is 0 Å². The number of benzene rings is 7. The van der Waals surface area contributed by atoms with E-state index in [4.69, 9.17) is 0 Å². The molecule has 0 radical (unpaired) electrons. The second-order valence-electron chi connectivity index (χ2n) is 12.8. The summed E-state index contributed by atoms with van der Waals surface area (Å²) < 4.78 is 25.0.